The zero-order valence-corrected chi connectivity index (χ0v) is 11.4. The highest BCUT2D eigenvalue weighted by Crippen LogP contribution is 2.29. The molecule has 0 amide bonds. The van der Waals surface area contributed by atoms with E-state index >= 15 is 0 Å². The fourth-order valence-electron chi connectivity index (χ4n) is 2.15. The number of hydrogen-bond donors (Lipinski definition) is 1. The number of amidine groups is 1. The normalized spacial score (nSPS) is 15.6. The summed E-state index contributed by atoms with van der Waals surface area (Å²) in [6.45, 7) is 8.51. The number of halogens is 1. The lowest BCUT2D eigenvalue weighted by molar-refractivity contribution is 0.585. The third kappa shape index (κ3) is 3.01. The molecule has 0 saturated heterocycles. The van der Waals surface area contributed by atoms with Crippen molar-refractivity contribution in [3.63, 3.8) is 0 Å². The van der Waals surface area contributed by atoms with Gasteiger partial charge in [-0.1, -0.05) is 38.4 Å². The van der Waals surface area contributed by atoms with Crippen molar-refractivity contribution in [2.75, 3.05) is 13.1 Å². The van der Waals surface area contributed by atoms with Crippen molar-refractivity contribution in [2.45, 2.75) is 32.6 Å². The highest BCUT2D eigenvalue weighted by atomic mass is 35.5. The molecule has 1 aromatic rings. The van der Waals surface area contributed by atoms with E-state index in [0.29, 0.717) is 0 Å². The zero-order chi connectivity index (χ0) is 12.5. The van der Waals surface area contributed by atoms with Crippen LogP contribution in [0.2, 0.25) is 5.02 Å². The van der Waals surface area contributed by atoms with Crippen molar-refractivity contribution in [3.05, 3.63) is 34.3 Å². The summed E-state index contributed by atoms with van der Waals surface area (Å²) in [6.07, 6.45) is 0.879. The average Bonchev–Trinajstić information content (AvgIpc) is 2.72. The molecule has 0 radical (unpaired) electrons. The third-order valence-corrected chi connectivity index (χ3v) is 3.22. The van der Waals surface area contributed by atoms with Gasteiger partial charge in [-0.25, -0.2) is 0 Å². The van der Waals surface area contributed by atoms with Crippen LogP contribution in [-0.4, -0.2) is 18.9 Å². The first-order valence-electron chi connectivity index (χ1n) is 6.03. The number of benzene rings is 1. The first kappa shape index (κ1) is 12.4. The summed E-state index contributed by atoms with van der Waals surface area (Å²) >= 11 is 6.09. The van der Waals surface area contributed by atoms with E-state index in [2.05, 4.69) is 43.2 Å². The minimum atomic E-state index is 0.111. The summed E-state index contributed by atoms with van der Waals surface area (Å²) in [5.74, 6) is 1.10. The number of nitrogens with zero attached hydrogens (tertiary/aromatic N) is 1. The topological polar surface area (TPSA) is 24.4 Å². The molecule has 1 N–H and O–H groups in total. The highest BCUT2D eigenvalue weighted by Gasteiger charge is 2.19. The fourth-order valence-corrected chi connectivity index (χ4v) is 2.32. The predicted octanol–water partition coefficient (Wildman–Crippen LogP) is 3.18. The summed E-state index contributed by atoms with van der Waals surface area (Å²) in [5.41, 5.74) is 2.73. The molecule has 0 aliphatic carbocycles. The van der Waals surface area contributed by atoms with Crippen LogP contribution in [-0.2, 0) is 11.8 Å². The van der Waals surface area contributed by atoms with E-state index in [0.717, 1.165) is 30.4 Å². The van der Waals surface area contributed by atoms with Crippen LogP contribution in [0, 0.1) is 0 Å². The first-order chi connectivity index (χ1) is 7.97. The summed E-state index contributed by atoms with van der Waals surface area (Å²) in [4.78, 5) is 4.45. The Kier molecular flexibility index (Phi) is 3.43. The van der Waals surface area contributed by atoms with Crippen LogP contribution in [0.3, 0.4) is 0 Å². The van der Waals surface area contributed by atoms with Gasteiger partial charge in [-0.2, -0.15) is 0 Å². The number of rotatable bonds is 2. The molecule has 17 heavy (non-hydrogen) atoms. The number of aliphatic imine (C=N–C) groups is 1. The molecule has 1 heterocycles. The lowest BCUT2D eigenvalue weighted by Crippen LogP contribution is -2.23. The van der Waals surface area contributed by atoms with E-state index in [9.17, 15) is 0 Å². The fraction of sp³-hybridized carbons (Fsp3) is 0.500. The van der Waals surface area contributed by atoms with Crippen LogP contribution >= 0.6 is 11.6 Å². The van der Waals surface area contributed by atoms with E-state index in [1.165, 1.54) is 11.1 Å². The maximum Gasteiger partial charge on any atom is 0.101 e. The Morgan fingerprint density at radius 2 is 2.12 bits per heavy atom. The minimum Gasteiger partial charge on any atom is -0.372 e. The van der Waals surface area contributed by atoms with E-state index in [-0.39, 0.29) is 5.41 Å². The van der Waals surface area contributed by atoms with Crippen LogP contribution in [0.25, 0.3) is 0 Å². The Bertz CT molecular complexity index is 444. The Balaban J connectivity index is 2.32. The molecule has 2 rings (SSSR count). The van der Waals surface area contributed by atoms with Gasteiger partial charge < -0.3 is 5.32 Å². The molecule has 0 spiro atoms. The monoisotopic (exact) mass is 250 g/mol. The zero-order valence-electron chi connectivity index (χ0n) is 10.7. The predicted molar refractivity (Wildman–Crippen MR) is 74.2 cm³/mol. The average molecular weight is 251 g/mol. The number of nitrogens with one attached hydrogen (secondary N) is 1. The van der Waals surface area contributed by atoms with Crippen LogP contribution in [0.4, 0.5) is 0 Å². The molecule has 0 saturated carbocycles. The van der Waals surface area contributed by atoms with Crippen molar-refractivity contribution in [1.82, 2.24) is 5.32 Å². The Labute approximate surface area is 108 Å². The lowest BCUT2D eigenvalue weighted by atomic mass is 9.83. The molecule has 3 heteroatoms. The van der Waals surface area contributed by atoms with E-state index < -0.39 is 0 Å². The minimum absolute atomic E-state index is 0.111. The molecular weight excluding hydrogens is 232 g/mol. The van der Waals surface area contributed by atoms with Crippen molar-refractivity contribution < 1.29 is 0 Å². The quantitative estimate of drug-likeness (QED) is 0.857. The molecule has 2 nitrogen and oxygen atoms in total. The Morgan fingerprint density at radius 3 is 2.71 bits per heavy atom. The molecule has 0 aromatic heterocycles. The first-order valence-corrected chi connectivity index (χ1v) is 6.41. The van der Waals surface area contributed by atoms with Gasteiger partial charge in [-0.3, -0.25) is 4.99 Å². The van der Waals surface area contributed by atoms with Gasteiger partial charge in [0, 0.05) is 18.0 Å². The number of hydrogen-bond acceptors (Lipinski definition) is 2. The summed E-state index contributed by atoms with van der Waals surface area (Å²) in [6, 6.07) is 6.15. The van der Waals surface area contributed by atoms with Gasteiger partial charge >= 0.3 is 0 Å². The van der Waals surface area contributed by atoms with Crippen LogP contribution < -0.4 is 5.32 Å². The van der Waals surface area contributed by atoms with Gasteiger partial charge in [0.05, 0.1) is 6.54 Å². The highest BCUT2D eigenvalue weighted by molar-refractivity contribution is 6.30. The van der Waals surface area contributed by atoms with Crippen LogP contribution in [0.1, 0.15) is 31.9 Å². The molecule has 0 bridgehead atoms. The maximum absolute atomic E-state index is 6.09. The molecule has 92 valence electrons. The summed E-state index contributed by atoms with van der Waals surface area (Å²) in [5, 5.41) is 4.12. The molecule has 1 aromatic carbocycles. The molecule has 0 unspecified atom stereocenters. The smallest absolute Gasteiger partial charge is 0.101 e. The van der Waals surface area contributed by atoms with Crippen molar-refractivity contribution in [1.29, 1.82) is 0 Å². The Hall–Kier alpha value is -1.02. The molecule has 0 atom stereocenters. The molecule has 1 aliphatic rings. The summed E-state index contributed by atoms with van der Waals surface area (Å²) < 4.78 is 0. The standard InChI is InChI=1S/C14H19ClN2/c1-14(2,3)12-9-11(15)5-4-10(12)8-13-16-6-7-17-13/h4-5,9H,6-8H2,1-3H3,(H,16,17). The summed E-state index contributed by atoms with van der Waals surface area (Å²) in [7, 11) is 0. The van der Waals surface area contributed by atoms with E-state index in [1.807, 2.05) is 6.07 Å². The maximum atomic E-state index is 6.09. The second-order valence-corrected chi connectivity index (χ2v) is 5.92. The SMILES string of the molecule is CC(C)(C)c1cc(Cl)ccc1CC1=NCCN1. The van der Waals surface area contributed by atoms with Gasteiger partial charge in [0.25, 0.3) is 0 Å². The van der Waals surface area contributed by atoms with E-state index in [1.54, 1.807) is 0 Å². The molecule has 0 fully saturated rings. The van der Waals surface area contributed by atoms with Crippen LogP contribution in [0.15, 0.2) is 23.2 Å². The second kappa shape index (κ2) is 4.69. The van der Waals surface area contributed by atoms with Crippen molar-refractivity contribution >= 4 is 17.4 Å². The lowest BCUT2D eigenvalue weighted by Gasteiger charge is -2.23. The third-order valence-electron chi connectivity index (χ3n) is 2.98. The molecular formula is C14H19ClN2. The van der Waals surface area contributed by atoms with Gasteiger partial charge in [-0.15, -0.1) is 0 Å². The van der Waals surface area contributed by atoms with Gasteiger partial charge in [0.1, 0.15) is 5.84 Å². The van der Waals surface area contributed by atoms with Crippen molar-refractivity contribution in [3.8, 4) is 0 Å². The largest absolute Gasteiger partial charge is 0.372 e. The Morgan fingerprint density at radius 1 is 1.35 bits per heavy atom. The second-order valence-electron chi connectivity index (χ2n) is 5.48. The van der Waals surface area contributed by atoms with Gasteiger partial charge in [0.15, 0.2) is 0 Å². The van der Waals surface area contributed by atoms with E-state index in [4.69, 9.17) is 11.6 Å². The van der Waals surface area contributed by atoms with Gasteiger partial charge in [-0.05, 0) is 28.7 Å². The van der Waals surface area contributed by atoms with Crippen LogP contribution in [0.5, 0.6) is 0 Å². The van der Waals surface area contributed by atoms with Gasteiger partial charge in [0.2, 0.25) is 0 Å². The molecule has 1 aliphatic heterocycles. The van der Waals surface area contributed by atoms with Crippen molar-refractivity contribution in [2.24, 2.45) is 4.99 Å².